The number of thiophene rings is 1. The Morgan fingerprint density at radius 2 is 1.86 bits per heavy atom. The Hall–Kier alpha value is -3.23. The van der Waals surface area contributed by atoms with Crippen LogP contribution in [0.4, 0.5) is 0 Å². The zero-order valence-corrected chi connectivity index (χ0v) is 20.4. The Bertz CT molecular complexity index is 1450. The van der Waals surface area contributed by atoms with E-state index in [0.717, 1.165) is 22.5 Å². The van der Waals surface area contributed by atoms with E-state index in [-0.39, 0.29) is 5.56 Å². The number of furan rings is 1. The van der Waals surface area contributed by atoms with E-state index in [1.165, 1.54) is 11.3 Å². The number of fused-ring (bicyclic) bond motifs is 1. The summed E-state index contributed by atoms with van der Waals surface area (Å²) < 4.78 is 5.53. The van der Waals surface area contributed by atoms with Gasteiger partial charge < -0.3 is 14.5 Å². The molecule has 0 spiro atoms. The number of aliphatic hydroxyl groups excluding tert-OH is 1. The van der Waals surface area contributed by atoms with Crippen molar-refractivity contribution >= 4 is 33.2 Å². The van der Waals surface area contributed by atoms with Crippen LogP contribution in [-0.2, 0) is 19.5 Å². The van der Waals surface area contributed by atoms with Crippen LogP contribution in [0.5, 0.6) is 0 Å². The third kappa shape index (κ3) is 5.71. The van der Waals surface area contributed by atoms with E-state index < -0.39 is 6.10 Å². The first-order valence-corrected chi connectivity index (χ1v) is 12.5. The first-order chi connectivity index (χ1) is 17.0. The summed E-state index contributed by atoms with van der Waals surface area (Å²) in [5, 5.41) is 14.0. The molecular weight excluding hydrogens is 482 g/mol. The zero-order valence-electron chi connectivity index (χ0n) is 18.9. The number of aliphatic hydroxyl groups is 1. The van der Waals surface area contributed by atoms with Gasteiger partial charge in [-0.2, -0.15) is 0 Å². The molecule has 1 unspecified atom stereocenters. The number of nitrogens with zero attached hydrogens (tertiary/aromatic N) is 2. The fourth-order valence-corrected chi connectivity index (χ4v) is 5.27. The largest absolute Gasteiger partial charge is 0.468 e. The highest BCUT2D eigenvalue weighted by Gasteiger charge is 2.18. The molecule has 8 heteroatoms. The minimum absolute atomic E-state index is 0.181. The number of aromatic nitrogens is 2. The molecule has 0 fully saturated rings. The molecule has 0 aliphatic carbocycles. The lowest BCUT2D eigenvalue weighted by Crippen LogP contribution is -2.34. The highest BCUT2D eigenvalue weighted by molar-refractivity contribution is 7.17. The van der Waals surface area contributed by atoms with E-state index in [2.05, 4.69) is 4.98 Å². The maximum atomic E-state index is 13.1. The van der Waals surface area contributed by atoms with E-state index in [0.29, 0.717) is 47.1 Å². The van der Waals surface area contributed by atoms with Gasteiger partial charge >= 0.3 is 0 Å². The fraction of sp³-hybridized carbons (Fsp3) is 0.185. The summed E-state index contributed by atoms with van der Waals surface area (Å²) in [4.78, 5) is 23.5. The Labute approximate surface area is 211 Å². The van der Waals surface area contributed by atoms with Crippen molar-refractivity contribution in [2.45, 2.75) is 25.6 Å². The van der Waals surface area contributed by atoms with Gasteiger partial charge in [0.1, 0.15) is 16.4 Å². The minimum atomic E-state index is -0.582. The molecule has 2 N–H and O–H groups in total. The van der Waals surface area contributed by atoms with Crippen molar-refractivity contribution in [3.8, 4) is 11.1 Å². The van der Waals surface area contributed by atoms with Crippen LogP contribution in [0.2, 0.25) is 5.02 Å². The third-order valence-corrected chi connectivity index (χ3v) is 6.89. The Balaban J connectivity index is 1.39. The molecule has 0 bridgehead atoms. The van der Waals surface area contributed by atoms with E-state index in [1.54, 1.807) is 6.26 Å². The van der Waals surface area contributed by atoms with Crippen LogP contribution in [0.3, 0.4) is 0 Å². The molecule has 5 aromatic rings. The summed E-state index contributed by atoms with van der Waals surface area (Å²) in [6.45, 7) is 1.25. The van der Waals surface area contributed by atoms with Gasteiger partial charge in [-0.1, -0.05) is 54.1 Å². The van der Waals surface area contributed by atoms with Gasteiger partial charge in [0.15, 0.2) is 0 Å². The van der Waals surface area contributed by atoms with E-state index in [1.807, 2.05) is 77.0 Å². The molecule has 0 radical (unpaired) electrons. The number of halogens is 1. The van der Waals surface area contributed by atoms with Crippen LogP contribution in [0, 0.1) is 0 Å². The SMILES string of the molecule is O=c1[nH]c(CN(Cc2ccco2)CC(O)Cc2ccccc2)nc2scc(-c3ccc(Cl)cc3)c12. The van der Waals surface area contributed by atoms with Crippen molar-refractivity contribution < 1.29 is 9.52 Å². The molecule has 0 saturated heterocycles. The average Bonchev–Trinajstić information content (AvgIpc) is 3.50. The monoisotopic (exact) mass is 505 g/mol. The van der Waals surface area contributed by atoms with Crippen LogP contribution in [0.15, 0.2) is 87.6 Å². The first-order valence-electron chi connectivity index (χ1n) is 11.3. The number of H-pyrrole nitrogens is 1. The average molecular weight is 506 g/mol. The predicted octanol–water partition coefficient (Wildman–Crippen LogP) is 5.50. The molecule has 3 heterocycles. The molecule has 3 aromatic heterocycles. The molecule has 2 aromatic carbocycles. The number of benzene rings is 2. The quantitative estimate of drug-likeness (QED) is 0.276. The number of hydrogen-bond donors (Lipinski definition) is 2. The van der Waals surface area contributed by atoms with Gasteiger partial charge in [-0.15, -0.1) is 11.3 Å². The number of nitrogens with one attached hydrogen (secondary N) is 1. The first kappa shape index (κ1) is 23.5. The lowest BCUT2D eigenvalue weighted by molar-refractivity contribution is 0.0988. The van der Waals surface area contributed by atoms with Gasteiger partial charge in [0.05, 0.1) is 30.8 Å². The summed E-state index contributed by atoms with van der Waals surface area (Å²) in [6, 6.07) is 21.0. The molecule has 6 nitrogen and oxygen atoms in total. The summed E-state index contributed by atoms with van der Waals surface area (Å²) in [6.07, 6.45) is 1.58. The lowest BCUT2D eigenvalue weighted by atomic mass is 10.1. The van der Waals surface area contributed by atoms with Gasteiger partial charge in [0.25, 0.3) is 5.56 Å². The molecule has 0 aliphatic rings. The van der Waals surface area contributed by atoms with Crippen LogP contribution >= 0.6 is 22.9 Å². The zero-order chi connectivity index (χ0) is 24.2. The van der Waals surface area contributed by atoms with Gasteiger partial charge in [-0.25, -0.2) is 4.98 Å². The molecular formula is C27H24ClN3O3S. The van der Waals surface area contributed by atoms with Crippen molar-refractivity contribution in [2.75, 3.05) is 6.54 Å². The smallest absolute Gasteiger partial charge is 0.260 e. The van der Waals surface area contributed by atoms with Crippen molar-refractivity contribution in [2.24, 2.45) is 0 Å². The molecule has 178 valence electrons. The number of hydrogen-bond acceptors (Lipinski definition) is 6. The minimum Gasteiger partial charge on any atom is -0.468 e. The molecule has 1 atom stereocenters. The standard InChI is InChI=1S/C27H24ClN3O3S/c28-20-10-8-19(9-11-20)23-17-35-27-25(23)26(33)29-24(30-27)16-31(15-22-7-4-12-34-22)14-21(32)13-18-5-2-1-3-6-18/h1-12,17,21,32H,13-16H2,(H,29,30,33). The highest BCUT2D eigenvalue weighted by atomic mass is 35.5. The number of rotatable bonds is 9. The second-order valence-electron chi connectivity index (χ2n) is 8.44. The highest BCUT2D eigenvalue weighted by Crippen LogP contribution is 2.31. The van der Waals surface area contributed by atoms with Crippen LogP contribution < -0.4 is 5.56 Å². The second-order valence-corrected chi connectivity index (χ2v) is 9.74. The van der Waals surface area contributed by atoms with Gasteiger partial charge in [0, 0.05) is 22.5 Å². The number of aromatic amines is 1. The topological polar surface area (TPSA) is 82.4 Å². The van der Waals surface area contributed by atoms with Gasteiger partial charge in [-0.05, 0) is 41.8 Å². The van der Waals surface area contributed by atoms with E-state index in [9.17, 15) is 9.90 Å². The van der Waals surface area contributed by atoms with Crippen molar-refractivity contribution in [3.63, 3.8) is 0 Å². The van der Waals surface area contributed by atoms with Gasteiger partial charge in [0.2, 0.25) is 0 Å². The van der Waals surface area contributed by atoms with Crippen molar-refractivity contribution in [3.05, 3.63) is 111 Å². The Morgan fingerprint density at radius 3 is 2.60 bits per heavy atom. The lowest BCUT2D eigenvalue weighted by Gasteiger charge is -2.24. The van der Waals surface area contributed by atoms with E-state index in [4.69, 9.17) is 21.0 Å². The normalized spacial score (nSPS) is 12.4. The van der Waals surface area contributed by atoms with Crippen LogP contribution in [0.1, 0.15) is 17.1 Å². The summed E-state index contributed by atoms with van der Waals surface area (Å²) in [5.41, 5.74) is 2.65. The maximum absolute atomic E-state index is 13.1. The maximum Gasteiger partial charge on any atom is 0.260 e. The Kier molecular flexibility index (Phi) is 7.11. The Morgan fingerprint density at radius 1 is 1.06 bits per heavy atom. The fourth-order valence-electron chi connectivity index (χ4n) is 4.18. The van der Waals surface area contributed by atoms with Crippen molar-refractivity contribution in [1.29, 1.82) is 0 Å². The van der Waals surface area contributed by atoms with Crippen molar-refractivity contribution in [1.82, 2.24) is 14.9 Å². The van der Waals surface area contributed by atoms with Crippen LogP contribution in [-0.4, -0.2) is 32.6 Å². The molecule has 35 heavy (non-hydrogen) atoms. The third-order valence-electron chi connectivity index (χ3n) is 5.76. The van der Waals surface area contributed by atoms with Gasteiger partial charge in [-0.3, -0.25) is 9.69 Å². The molecule has 0 aliphatic heterocycles. The molecule has 0 saturated carbocycles. The second kappa shape index (κ2) is 10.6. The van der Waals surface area contributed by atoms with E-state index >= 15 is 0 Å². The molecule has 5 rings (SSSR count). The summed E-state index contributed by atoms with van der Waals surface area (Å²) in [7, 11) is 0. The van der Waals surface area contributed by atoms with Crippen LogP contribution in [0.25, 0.3) is 21.3 Å². The summed E-state index contributed by atoms with van der Waals surface area (Å²) in [5.74, 6) is 1.33. The predicted molar refractivity (Wildman–Crippen MR) is 140 cm³/mol. The molecule has 0 amide bonds. The summed E-state index contributed by atoms with van der Waals surface area (Å²) >= 11 is 7.46.